The first kappa shape index (κ1) is 17.7. The van der Waals surface area contributed by atoms with Crippen molar-refractivity contribution in [2.45, 2.75) is 19.3 Å². The van der Waals surface area contributed by atoms with Gasteiger partial charge in [-0.2, -0.15) is 13.2 Å². The van der Waals surface area contributed by atoms with Gasteiger partial charge in [0.25, 0.3) is 0 Å². The summed E-state index contributed by atoms with van der Waals surface area (Å²) < 4.78 is 51.1. The molecular weight excluding hydrogens is 326 g/mol. The van der Waals surface area contributed by atoms with Crippen LogP contribution in [-0.2, 0) is 17.9 Å². The van der Waals surface area contributed by atoms with Gasteiger partial charge in [-0.05, 0) is 23.8 Å². The Morgan fingerprint density at radius 1 is 1.29 bits per heavy atom. The maximum Gasteiger partial charge on any atom is 0.406 e. The first-order valence-electron chi connectivity index (χ1n) is 7.00. The van der Waals surface area contributed by atoms with Crippen molar-refractivity contribution < 1.29 is 22.4 Å². The molecule has 0 aliphatic heterocycles. The Morgan fingerprint density at radius 2 is 1.96 bits per heavy atom. The van der Waals surface area contributed by atoms with E-state index in [2.05, 4.69) is 4.98 Å². The van der Waals surface area contributed by atoms with Gasteiger partial charge in [0.1, 0.15) is 18.2 Å². The fourth-order valence-electron chi connectivity index (χ4n) is 1.99. The highest BCUT2D eigenvalue weighted by Crippen LogP contribution is 2.18. The van der Waals surface area contributed by atoms with E-state index in [1.807, 2.05) is 0 Å². The molecule has 1 aromatic carbocycles. The third-order valence-corrected chi connectivity index (χ3v) is 3.19. The maximum absolute atomic E-state index is 12.8. The van der Waals surface area contributed by atoms with Gasteiger partial charge in [-0.15, -0.1) is 0 Å². The number of carbonyl (C=O) groups is 1. The van der Waals surface area contributed by atoms with Gasteiger partial charge in [-0.1, -0.05) is 12.1 Å². The van der Waals surface area contributed by atoms with Crippen LogP contribution in [0.3, 0.4) is 0 Å². The zero-order valence-electron chi connectivity index (χ0n) is 12.8. The smallest absolute Gasteiger partial charge is 0.335 e. The van der Waals surface area contributed by atoms with Gasteiger partial charge < -0.3 is 9.47 Å². The van der Waals surface area contributed by atoms with Crippen LogP contribution in [0.15, 0.2) is 42.7 Å². The molecule has 0 radical (unpaired) electrons. The minimum absolute atomic E-state index is 0.0599. The van der Waals surface area contributed by atoms with E-state index >= 15 is 0 Å². The largest absolute Gasteiger partial charge is 0.406 e. The Bertz CT molecular complexity index is 720. The fraction of sp³-hybridized carbons (Fsp3) is 0.250. The predicted octanol–water partition coefficient (Wildman–Crippen LogP) is 3.26. The van der Waals surface area contributed by atoms with Crippen LogP contribution in [0.25, 0.3) is 6.08 Å². The second-order valence-corrected chi connectivity index (χ2v) is 5.17. The average molecular weight is 341 g/mol. The molecule has 0 fully saturated rings. The van der Waals surface area contributed by atoms with Crippen molar-refractivity contribution in [1.82, 2.24) is 14.5 Å². The number of likely N-dealkylation sites (N-methyl/N-ethyl adjacent to an activating group) is 1. The Hall–Kier alpha value is -2.64. The lowest BCUT2D eigenvalue weighted by Crippen LogP contribution is -2.27. The third kappa shape index (κ3) is 5.22. The topological polar surface area (TPSA) is 38.1 Å². The number of imidazole rings is 1. The maximum atomic E-state index is 12.8. The number of amides is 1. The van der Waals surface area contributed by atoms with Gasteiger partial charge in [0.05, 0.1) is 6.54 Å². The van der Waals surface area contributed by atoms with Crippen LogP contribution in [0.1, 0.15) is 11.4 Å². The molecule has 2 rings (SSSR count). The number of carbonyl (C=O) groups excluding carboxylic acids is 1. The molecule has 0 aliphatic rings. The molecule has 128 valence electrons. The molecule has 0 saturated carbocycles. The normalized spacial score (nSPS) is 11.9. The molecule has 0 spiro atoms. The molecule has 1 amide bonds. The van der Waals surface area contributed by atoms with Crippen LogP contribution in [0.2, 0.25) is 0 Å². The first-order valence-corrected chi connectivity index (χ1v) is 7.00. The van der Waals surface area contributed by atoms with E-state index in [-0.39, 0.29) is 18.2 Å². The zero-order chi connectivity index (χ0) is 17.7. The van der Waals surface area contributed by atoms with Crippen LogP contribution in [-0.4, -0.2) is 33.6 Å². The number of rotatable bonds is 5. The van der Waals surface area contributed by atoms with Gasteiger partial charge in [0, 0.05) is 25.5 Å². The summed E-state index contributed by atoms with van der Waals surface area (Å²) in [6.45, 7) is -1.22. The van der Waals surface area contributed by atoms with E-state index in [1.54, 1.807) is 0 Å². The predicted molar refractivity (Wildman–Crippen MR) is 80.2 cm³/mol. The summed E-state index contributed by atoms with van der Waals surface area (Å²) in [5.74, 6) is -0.647. The second-order valence-electron chi connectivity index (χ2n) is 5.17. The minimum atomic E-state index is -4.36. The van der Waals surface area contributed by atoms with Crippen molar-refractivity contribution in [1.29, 1.82) is 0 Å². The van der Waals surface area contributed by atoms with E-state index in [9.17, 15) is 22.4 Å². The highest BCUT2D eigenvalue weighted by atomic mass is 19.4. The van der Waals surface area contributed by atoms with Crippen molar-refractivity contribution in [2.75, 3.05) is 7.05 Å². The Kier molecular flexibility index (Phi) is 5.38. The summed E-state index contributed by atoms with van der Waals surface area (Å²) >= 11 is 0. The van der Waals surface area contributed by atoms with Gasteiger partial charge in [0.15, 0.2) is 0 Å². The van der Waals surface area contributed by atoms with Crippen LogP contribution in [0, 0.1) is 5.82 Å². The van der Waals surface area contributed by atoms with Gasteiger partial charge >= 0.3 is 6.18 Å². The van der Waals surface area contributed by atoms with E-state index in [4.69, 9.17) is 0 Å². The van der Waals surface area contributed by atoms with E-state index in [0.29, 0.717) is 5.56 Å². The number of aromatic nitrogens is 2. The standard InChI is InChI=1S/C16H15F4N3O/c1-22(10-14-21-8-9-23(14)11-16(18,19)20)15(24)7-4-12-2-5-13(17)6-3-12/h2-9H,10-11H2,1H3/b7-4+. The first-order chi connectivity index (χ1) is 11.2. The van der Waals surface area contributed by atoms with Gasteiger partial charge in [-0.25, -0.2) is 9.37 Å². The van der Waals surface area contributed by atoms with Crippen LogP contribution >= 0.6 is 0 Å². The van der Waals surface area contributed by atoms with Crippen molar-refractivity contribution in [3.05, 3.63) is 59.9 Å². The number of halogens is 4. The third-order valence-electron chi connectivity index (χ3n) is 3.19. The lowest BCUT2D eigenvalue weighted by atomic mass is 10.2. The molecule has 0 bridgehead atoms. The monoisotopic (exact) mass is 341 g/mol. The molecule has 1 aromatic heterocycles. The number of benzene rings is 1. The summed E-state index contributed by atoms with van der Waals surface area (Å²) in [7, 11) is 1.46. The Balaban J connectivity index is 1.99. The molecule has 0 saturated heterocycles. The molecular formula is C16H15F4N3O. The summed E-state index contributed by atoms with van der Waals surface area (Å²) in [6.07, 6.45) is 0.883. The summed E-state index contributed by atoms with van der Waals surface area (Å²) in [5, 5.41) is 0. The van der Waals surface area contributed by atoms with E-state index in [1.165, 1.54) is 60.8 Å². The van der Waals surface area contributed by atoms with Crippen LogP contribution < -0.4 is 0 Å². The van der Waals surface area contributed by atoms with Gasteiger partial charge in [0.2, 0.25) is 5.91 Å². The molecule has 2 aromatic rings. The zero-order valence-corrected chi connectivity index (χ0v) is 12.8. The van der Waals surface area contributed by atoms with Crippen LogP contribution in [0.4, 0.5) is 17.6 Å². The molecule has 8 heteroatoms. The number of alkyl halides is 3. The fourth-order valence-corrected chi connectivity index (χ4v) is 1.99. The molecule has 1 heterocycles. The summed E-state index contributed by atoms with van der Waals surface area (Å²) in [6, 6.07) is 5.55. The molecule has 0 N–H and O–H groups in total. The number of hydrogen-bond acceptors (Lipinski definition) is 2. The van der Waals surface area contributed by atoms with Crippen molar-refractivity contribution >= 4 is 12.0 Å². The van der Waals surface area contributed by atoms with Gasteiger partial charge in [-0.3, -0.25) is 4.79 Å². The molecule has 0 aliphatic carbocycles. The van der Waals surface area contributed by atoms with Crippen molar-refractivity contribution in [3.63, 3.8) is 0 Å². The quantitative estimate of drug-likeness (QED) is 0.618. The van der Waals surface area contributed by atoms with Crippen LogP contribution in [0.5, 0.6) is 0 Å². The molecule has 24 heavy (non-hydrogen) atoms. The molecule has 0 unspecified atom stereocenters. The Labute approximate surface area is 136 Å². The minimum Gasteiger partial charge on any atom is -0.335 e. The van der Waals surface area contributed by atoms with Crippen molar-refractivity contribution in [2.24, 2.45) is 0 Å². The lowest BCUT2D eigenvalue weighted by Gasteiger charge is -2.16. The lowest BCUT2D eigenvalue weighted by molar-refractivity contribution is -0.141. The molecule has 0 atom stereocenters. The molecule has 4 nitrogen and oxygen atoms in total. The summed E-state index contributed by atoms with van der Waals surface area (Å²) in [4.78, 5) is 17.1. The SMILES string of the molecule is CN(Cc1nccn1CC(F)(F)F)C(=O)/C=C/c1ccc(F)cc1. The van der Waals surface area contributed by atoms with E-state index < -0.39 is 18.6 Å². The Morgan fingerprint density at radius 3 is 2.58 bits per heavy atom. The average Bonchev–Trinajstić information content (AvgIpc) is 2.91. The number of nitrogens with zero attached hydrogens (tertiary/aromatic N) is 3. The van der Waals surface area contributed by atoms with E-state index in [0.717, 1.165) is 4.57 Å². The second kappa shape index (κ2) is 7.29. The highest BCUT2D eigenvalue weighted by molar-refractivity contribution is 5.91. The number of hydrogen-bond donors (Lipinski definition) is 0. The highest BCUT2D eigenvalue weighted by Gasteiger charge is 2.29. The van der Waals surface area contributed by atoms with Crippen molar-refractivity contribution in [3.8, 4) is 0 Å². The summed E-state index contributed by atoms with van der Waals surface area (Å²) in [5.41, 5.74) is 0.636.